The van der Waals surface area contributed by atoms with Crippen molar-refractivity contribution in [3.05, 3.63) is 35.9 Å². The number of likely N-dealkylation sites (tertiary alicyclic amines) is 1. The molecule has 2 aliphatic rings. The minimum atomic E-state index is -0.0496. The van der Waals surface area contributed by atoms with Gasteiger partial charge in [0.15, 0.2) is 5.96 Å². The number of guanidine groups is 1. The van der Waals surface area contributed by atoms with Crippen LogP contribution in [0, 0.1) is 0 Å². The van der Waals surface area contributed by atoms with Crippen molar-refractivity contribution in [3.63, 3.8) is 0 Å². The molecule has 0 bridgehead atoms. The predicted octanol–water partition coefficient (Wildman–Crippen LogP) is 1.29. The molecule has 2 unspecified atom stereocenters. The Morgan fingerprint density at radius 1 is 1.18 bits per heavy atom. The third-order valence-corrected chi connectivity index (χ3v) is 5.03. The smallest absolute Gasteiger partial charge is 0.241 e. The second-order valence-corrected chi connectivity index (χ2v) is 6.96. The van der Waals surface area contributed by atoms with Gasteiger partial charge in [0.05, 0.1) is 18.8 Å². The van der Waals surface area contributed by atoms with Crippen molar-refractivity contribution in [1.82, 2.24) is 20.4 Å². The molecule has 0 aromatic heterocycles. The summed E-state index contributed by atoms with van der Waals surface area (Å²) in [5.74, 6) is 0.743. The summed E-state index contributed by atoms with van der Waals surface area (Å²) >= 11 is 0. The number of aliphatic imine (C=N–C) groups is 1. The molecule has 2 N–H and O–H groups in total. The van der Waals surface area contributed by atoms with E-state index in [1.165, 1.54) is 5.56 Å². The highest BCUT2D eigenvalue weighted by Gasteiger charge is 2.41. The average molecular weight is 501 g/mol. The van der Waals surface area contributed by atoms with Gasteiger partial charge in [-0.3, -0.25) is 9.69 Å². The fourth-order valence-electron chi connectivity index (χ4n) is 3.77. The van der Waals surface area contributed by atoms with E-state index in [2.05, 4.69) is 55.8 Å². The van der Waals surface area contributed by atoms with E-state index >= 15 is 0 Å². The normalized spacial score (nSPS) is 22.4. The van der Waals surface area contributed by atoms with Crippen LogP contribution in [0.1, 0.15) is 19.4 Å². The number of hydrogen-bond donors (Lipinski definition) is 2. The van der Waals surface area contributed by atoms with Crippen LogP contribution in [0.4, 0.5) is 0 Å². The molecule has 0 spiro atoms. The highest BCUT2D eigenvalue weighted by molar-refractivity contribution is 14.0. The van der Waals surface area contributed by atoms with Crippen molar-refractivity contribution in [2.45, 2.75) is 32.5 Å². The maximum atomic E-state index is 11.8. The second kappa shape index (κ2) is 11.6. The fraction of sp³-hybridized carbons (Fsp3) is 0.600. The molecular weight excluding hydrogens is 469 g/mol. The highest BCUT2D eigenvalue weighted by Crippen LogP contribution is 2.24. The maximum absolute atomic E-state index is 11.8. The molecule has 7 nitrogen and oxygen atoms in total. The lowest BCUT2D eigenvalue weighted by atomic mass is 10.1. The van der Waals surface area contributed by atoms with E-state index in [9.17, 15) is 4.79 Å². The van der Waals surface area contributed by atoms with Gasteiger partial charge in [-0.2, -0.15) is 0 Å². The van der Waals surface area contributed by atoms with Crippen molar-refractivity contribution >= 4 is 35.8 Å². The van der Waals surface area contributed by atoms with Gasteiger partial charge in [0, 0.05) is 39.3 Å². The molecule has 2 atom stereocenters. The molecule has 156 valence electrons. The number of morpholine rings is 1. The molecule has 1 aromatic carbocycles. The lowest BCUT2D eigenvalue weighted by Crippen LogP contribution is -2.50. The van der Waals surface area contributed by atoms with Crippen LogP contribution in [0.15, 0.2) is 35.3 Å². The summed E-state index contributed by atoms with van der Waals surface area (Å²) in [6.07, 6.45) is 0.177. The number of fused-ring (bicyclic) bond motifs is 1. The molecule has 0 saturated carbocycles. The highest BCUT2D eigenvalue weighted by atomic mass is 127. The maximum Gasteiger partial charge on any atom is 0.241 e. The lowest BCUT2D eigenvalue weighted by Gasteiger charge is -2.36. The van der Waals surface area contributed by atoms with Crippen molar-refractivity contribution in [3.8, 4) is 0 Å². The number of carbonyl (C=O) groups is 1. The van der Waals surface area contributed by atoms with Gasteiger partial charge in [0.1, 0.15) is 6.54 Å². The standard InChI is InChI=1S/C20H31N5O2.HI/c1-3-21-19(26)12-23-20(22-4-2)25-14-17-18(15-25)27-11-10-24(17)13-16-8-6-5-7-9-16;/h5-9,17-18H,3-4,10-15H2,1-2H3,(H,21,26)(H,22,23);1H. The fourth-order valence-corrected chi connectivity index (χ4v) is 3.77. The van der Waals surface area contributed by atoms with Crippen molar-refractivity contribution < 1.29 is 9.53 Å². The van der Waals surface area contributed by atoms with Gasteiger partial charge in [0.2, 0.25) is 5.91 Å². The van der Waals surface area contributed by atoms with E-state index in [1.54, 1.807) is 0 Å². The molecule has 28 heavy (non-hydrogen) atoms. The minimum absolute atomic E-state index is 0. The third kappa shape index (κ3) is 6.05. The van der Waals surface area contributed by atoms with Crippen molar-refractivity contribution in [2.24, 2.45) is 4.99 Å². The second-order valence-electron chi connectivity index (χ2n) is 6.96. The molecule has 1 amide bonds. The molecule has 2 aliphatic heterocycles. The SMILES string of the molecule is CCNC(=O)CN=C(NCC)N1CC2OCCN(Cc3ccccc3)C2C1.I. The monoisotopic (exact) mass is 501 g/mol. The topological polar surface area (TPSA) is 69.2 Å². The summed E-state index contributed by atoms with van der Waals surface area (Å²) < 4.78 is 6.05. The largest absolute Gasteiger partial charge is 0.373 e. The number of benzene rings is 1. The molecule has 2 saturated heterocycles. The van der Waals surface area contributed by atoms with Crippen LogP contribution in [-0.2, 0) is 16.1 Å². The van der Waals surface area contributed by atoms with Gasteiger partial charge in [-0.05, 0) is 19.4 Å². The van der Waals surface area contributed by atoms with Gasteiger partial charge in [-0.25, -0.2) is 4.99 Å². The molecular formula is C20H32IN5O2. The molecule has 0 aliphatic carbocycles. The molecule has 1 aromatic rings. The number of amides is 1. The van der Waals surface area contributed by atoms with Gasteiger partial charge in [0.25, 0.3) is 0 Å². The third-order valence-electron chi connectivity index (χ3n) is 5.03. The number of carbonyl (C=O) groups excluding carboxylic acids is 1. The van der Waals surface area contributed by atoms with E-state index < -0.39 is 0 Å². The van der Waals surface area contributed by atoms with Crippen LogP contribution in [0.2, 0.25) is 0 Å². The number of likely N-dealkylation sites (N-methyl/N-ethyl adjacent to an activating group) is 1. The van der Waals surface area contributed by atoms with E-state index in [-0.39, 0.29) is 42.5 Å². The number of rotatable bonds is 6. The Labute approximate surface area is 184 Å². The lowest BCUT2D eigenvalue weighted by molar-refractivity contribution is -0.119. The Morgan fingerprint density at radius 3 is 2.64 bits per heavy atom. The van der Waals surface area contributed by atoms with Crippen molar-refractivity contribution in [2.75, 3.05) is 45.9 Å². The number of hydrogen-bond acceptors (Lipinski definition) is 4. The first-order chi connectivity index (χ1) is 13.2. The quantitative estimate of drug-likeness (QED) is 0.350. The number of halogens is 1. The van der Waals surface area contributed by atoms with Gasteiger partial charge in [-0.1, -0.05) is 30.3 Å². The molecule has 8 heteroatoms. The number of ether oxygens (including phenoxy) is 1. The Morgan fingerprint density at radius 2 is 1.93 bits per heavy atom. The Kier molecular flexibility index (Phi) is 9.46. The van der Waals surface area contributed by atoms with Crippen LogP contribution < -0.4 is 10.6 Å². The Balaban J connectivity index is 0.00000280. The zero-order valence-corrected chi connectivity index (χ0v) is 19.1. The van der Waals surface area contributed by atoms with E-state index in [0.29, 0.717) is 12.6 Å². The van der Waals surface area contributed by atoms with Crippen molar-refractivity contribution in [1.29, 1.82) is 0 Å². The summed E-state index contributed by atoms with van der Waals surface area (Å²) in [5, 5.41) is 6.11. The first kappa shape index (κ1) is 22.9. The number of nitrogens with one attached hydrogen (secondary N) is 2. The summed E-state index contributed by atoms with van der Waals surface area (Å²) in [4.78, 5) is 21.0. The summed E-state index contributed by atoms with van der Waals surface area (Å²) in [7, 11) is 0. The zero-order chi connectivity index (χ0) is 19.1. The van der Waals surface area contributed by atoms with E-state index in [4.69, 9.17) is 4.74 Å². The molecule has 3 rings (SSSR count). The summed E-state index contributed by atoms with van der Waals surface area (Å²) in [6, 6.07) is 10.9. The Bertz CT molecular complexity index is 643. The van der Waals surface area contributed by atoms with Gasteiger partial charge < -0.3 is 20.3 Å². The average Bonchev–Trinajstić information content (AvgIpc) is 3.11. The Hall–Kier alpha value is -1.39. The minimum Gasteiger partial charge on any atom is -0.373 e. The number of nitrogens with zero attached hydrogens (tertiary/aromatic N) is 3. The first-order valence-electron chi connectivity index (χ1n) is 9.90. The predicted molar refractivity (Wildman–Crippen MR) is 122 cm³/mol. The van der Waals surface area contributed by atoms with Gasteiger partial charge >= 0.3 is 0 Å². The zero-order valence-electron chi connectivity index (χ0n) is 16.8. The van der Waals surface area contributed by atoms with E-state index in [0.717, 1.165) is 45.3 Å². The molecule has 2 heterocycles. The van der Waals surface area contributed by atoms with Gasteiger partial charge in [-0.15, -0.1) is 24.0 Å². The summed E-state index contributed by atoms with van der Waals surface area (Å²) in [5.41, 5.74) is 1.33. The molecule has 0 radical (unpaired) electrons. The van der Waals surface area contributed by atoms with Crippen LogP contribution in [0.5, 0.6) is 0 Å². The van der Waals surface area contributed by atoms with Crippen LogP contribution >= 0.6 is 24.0 Å². The molecule has 2 fully saturated rings. The van der Waals surface area contributed by atoms with E-state index in [1.807, 2.05) is 13.8 Å². The summed E-state index contributed by atoms with van der Waals surface area (Å²) in [6.45, 7) is 9.80. The van der Waals surface area contributed by atoms with Crippen LogP contribution in [0.25, 0.3) is 0 Å². The first-order valence-corrected chi connectivity index (χ1v) is 9.90. The van der Waals surface area contributed by atoms with Crippen LogP contribution in [-0.4, -0.2) is 79.7 Å². The van der Waals surface area contributed by atoms with Crippen LogP contribution in [0.3, 0.4) is 0 Å².